The smallest absolute Gasteiger partial charge is 0.416 e. The van der Waals surface area contributed by atoms with Crippen molar-refractivity contribution in [1.82, 2.24) is 19.7 Å². The van der Waals surface area contributed by atoms with E-state index in [-0.39, 0.29) is 36.0 Å². The molecular formula is C38H58ClIN5O13P. The lowest BCUT2D eigenvalue weighted by atomic mass is 10.1. The summed E-state index contributed by atoms with van der Waals surface area (Å²) in [5, 5.41) is 2.50. The number of anilines is 1. The molecule has 2 unspecified atom stereocenters. The van der Waals surface area contributed by atoms with E-state index < -0.39 is 96.1 Å². The Labute approximate surface area is 363 Å². The van der Waals surface area contributed by atoms with E-state index in [2.05, 4.69) is 15.1 Å². The maximum absolute atomic E-state index is 14.8. The molecule has 0 bridgehead atoms. The van der Waals surface area contributed by atoms with E-state index in [4.69, 9.17) is 53.8 Å². The van der Waals surface area contributed by atoms with E-state index >= 15 is 0 Å². The van der Waals surface area contributed by atoms with Crippen molar-refractivity contribution in [2.75, 3.05) is 24.7 Å². The van der Waals surface area contributed by atoms with Crippen molar-refractivity contribution in [3.63, 3.8) is 0 Å². The number of hydrogen-bond acceptors (Lipinski definition) is 16. The van der Waals surface area contributed by atoms with Gasteiger partial charge in [0, 0.05) is 18.9 Å². The Hall–Kier alpha value is -2.23. The summed E-state index contributed by atoms with van der Waals surface area (Å²) < 4.78 is 69.9. The number of amides is 1. The molecule has 2 aromatic rings. The second-order valence-corrected chi connectivity index (χ2v) is 21.4. The van der Waals surface area contributed by atoms with Gasteiger partial charge in [-0.25, -0.2) is 14.3 Å². The standard InChI is InChI=1S/C38H58ClIN5O13P/c1-12-51-59(49,52-13-2)38(32(47)53-22(3)40,19-18-26(46)55-35(4,5)6)50-21-25-27-28(57-37(10,11)56-27)31(54-25)45-30-24(20-41-45)29(42-33(39)43-30)44(23-16-14-15-17-23)34(48)58-36(7,8)9/h20,22-23,25,27-28,31H,12-19,21H2,1-11H3/t22?,25-,27-,28-,31-,38?/m1/s1. The number of hydrogen-bond donors (Lipinski definition) is 0. The van der Waals surface area contributed by atoms with Gasteiger partial charge < -0.3 is 42.2 Å². The highest BCUT2D eigenvalue weighted by Gasteiger charge is 2.63. The zero-order valence-corrected chi connectivity index (χ0v) is 39.5. The summed E-state index contributed by atoms with van der Waals surface area (Å²) >= 11 is 8.47. The number of halogens is 2. The fourth-order valence-corrected chi connectivity index (χ4v) is 9.85. The maximum Gasteiger partial charge on any atom is 0.416 e. The molecule has 6 atom stereocenters. The number of alkyl halides is 1. The average molecular weight is 986 g/mol. The monoisotopic (exact) mass is 985 g/mol. The summed E-state index contributed by atoms with van der Waals surface area (Å²) in [6, 6.07) is -0.190. The Morgan fingerprint density at radius 3 is 2.20 bits per heavy atom. The molecule has 1 aliphatic carbocycles. The highest BCUT2D eigenvalue weighted by atomic mass is 127. The summed E-state index contributed by atoms with van der Waals surface area (Å²) in [4.78, 5) is 51.7. The van der Waals surface area contributed by atoms with Gasteiger partial charge in [-0.2, -0.15) is 15.1 Å². The molecule has 5 rings (SSSR count). The summed E-state index contributed by atoms with van der Waals surface area (Å²) in [6.45, 7) is 18.1. The molecule has 3 aliphatic rings. The molecule has 1 amide bonds. The second-order valence-electron chi connectivity index (χ2n) is 17.0. The van der Waals surface area contributed by atoms with Gasteiger partial charge in [-0.3, -0.25) is 14.3 Å². The van der Waals surface area contributed by atoms with Gasteiger partial charge in [-0.15, -0.1) is 0 Å². The molecule has 18 nitrogen and oxygen atoms in total. The van der Waals surface area contributed by atoms with Crippen LogP contribution in [0.4, 0.5) is 10.6 Å². The Balaban J connectivity index is 1.55. The molecule has 0 radical (unpaired) electrons. The molecule has 0 N–H and O–H groups in total. The number of carbonyl (C=O) groups is 3. The van der Waals surface area contributed by atoms with Crippen molar-refractivity contribution in [1.29, 1.82) is 0 Å². The van der Waals surface area contributed by atoms with E-state index in [1.54, 1.807) is 76.2 Å². The van der Waals surface area contributed by atoms with Crippen LogP contribution in [0.15, 0.2) is 6.20 Å². The molecule has 59 heavy (non-hydrogen) atoms. The molecule has 0 spiro atoms. The Kier molecular flexibility index (Phi) is 15.1. The second kappa shape index (κ2) is 18.6. The first-order chi connectivity index (χ1) is 27.4. The number of aromatic nitrogens is 4. The number of rotatable bonds is 16. The summed E-state index contributed by atoms with van der Waals surface area (Å²) in [5.41, 5.74) is -1.37. The maximum atomic E-state index is 14.8. The van der Waals surface area contributed by atoms with Gasteiger partial charge in [0.05, 0.1) is 31.4 Å². The van der Waals surface area contributed by atoms with Crippen LogP contribution in [0.25, 0.3) is 11.0 Å². The number of carbonyl (C=O) groups excluding carboxylic acids is 3. The van der Waals surface area contributed by atoms with Gasteiger partial charge in [-0.1, -0.05) is 12.8 Å². The molecular weight excluding hydrogens is 928 g/mol. The molecule has 2 saturated heterocycles. The first kappa shape index (κ1) is 47.8. The van der Waals surface area contributed by atoms with Gasteiger partial charge in [-0.05, 0) is 123 Å². The normalized spacial score (nSPS) is 23.8. The average Bonchev–Trinajstić information content (AvgIpc) is 3.88. The summed E-state index contributed by atoms with van der Waals surface area (Å²) in [5.74, 6) is -2.60. The van der Waals surface area contributed by atoms with Crippen LogP contribution in [0.3, 0.4) is 0 Å². The zero-order valence-electron chi connectivity index (χ0n) is 35.7. The molecule has 1 saturated carbocycles. The van der Waals surface area contributed by atoms with E-state index in [0.717, 1.165) is 25.7 Å². The van der Waals surface area contributed by atoms with Crippen LogP contribution in [0, 0.1) is 0 Å². The van der Waals surface area contributed by atoms with Gasteiger partial charge >= 0.3 is 25.6 Å². The van der Waals surface area contributed by atoms with Crippen LogP contribution in [-0.4, -0.2) is 108 Å². The van der Waals surface area contributed by atoms with E-state index in [1.165, 1.54) is 15.8 Å². The van der Waals surface area contributed by atoms with Crippen LogP contribution in [0.1, 0.15) is 121 Å². The minimum atomic E-state index is -4.56. The van der Waals surface area contributed by atoms with Crippen molar-refractivity contribution in [3.8, 4) is 0 Å². The fraction of sp³-hybridized carbons (Fsp3) is 0.789. The highest BCUT2D eigenvalue weighted by Crippen LogP contribution is 2.63. The zero-order chi connectivity index (χ0) is 43.7. The summed E-state index contributed by atoms with van der Waals surface area (Å²) in [6.07, 6.45) is -0.229. The lowest BCUT2D eigenvalue weighted by molar-refractivity contribution is -0.209. The predicted octanol–water partition coefficient (Wildman–Crippen LogP) is 8.01. The largest absolute Gasteiger partial charge is 0.460 e. The van der Waals surface area contributed by atoms with Crippen LogP contribution in [-0.2, 0) is 56.4 Å². The topological polar surface area (TPSA) is 198 Å². The Bertz CT molecular complexity index is 1870. The Morgan fingerprint density at radius 2 is 1.63 bits per heavy atom. The number of esters is 2. The van der Waals surface area contributed by atoms with E-state index in [9.17, 15) is 18.9 Å². The lowest BCUT2D eigenvalue weighted by Gasteiger charge is -2.37. The third-order valence-corrected chi connectivity index (χ3v) is 12.5. The van der Waals surface area contributed by atoms with Crippen molar-refractivity contribution < 1.29 is 61.2 Å². The first-order valence-electron chi connectivity index (χ1n) is 20.0. The van der Waals surface area contributed by atoms with Crippen LogP contribution in [0.2, 0.25) is 5.28 Å². The molecule has 332 valence electrons. The number of ether oxygens (including phenoxy) is 7. The van der Waals surface area contributed by atoms with Crippen molar-refractivity contribution in [2.24, 2.45) is 0 Å². The minimum absolute atomic E-state index is 0.120. The molecule has 3 fully saturated rings. The van der Waals surface area contributed by atoms with E-state index in [1.807, 2.05) is 22.6 Å². The SMILES string of the molecule is CCOP(=O)(OCC)C(CCC(=O)OC(C)(C)C)(OC[C@H]1O[C@@H](n2ncc3c(N(C(=O)OC(C)(C)C)C4CCCC4)nc(Cl)nc32)[C@@H]2OC(C)(C)O[C@@H]21)C(=O)OC(C)I. The van der Waals surface area contributed by atoms with Crippen molar-refractivity contribution in [2.45, 2.75) is 172 Å². The van der Waals surface area contributed by atoms with Crippen molar-refractivity contribution in [3.05, 3.63) is 11.5 Å². The molecule has 4 heterocycles. The molecule has 2 aliphatic heterocycles. The van der Waals surface area contributed by atoms with Crippen LogP contribution in [0.5, 0.6) is 0 Å². The Morgan fingerprint density at radius 1 is 1.02 bits per heavy atom. The first-order valence-corrected chi connectivity index (χ1v) is 23.1. The quantitative estimate of drug-likeness (QED) is 0.0391. The lowest BCUT2D eigenvalue weighted by Crippen LogP contribution is -2.48. The molecule has 2 aromatic heterocycles. The minimum Gasteiger partial charge on any atom is -0.460 e. The summed E-state index contributed by atoms with van der Waals surface area (Å²) in [7, 11) is -4.56. The molecule has 0 aromatic carbocycles. The van der Waals surface area contributed by atoms with Crippen molar-refractivity contribution >= 4 is 76.7 Å². The highest BCUT2D eigenvalue weighted by molar-refractivity contribution is 14.1. The molecule has 21 heteroatoms. The van der Waals surface area contributed by atoms with E-state index in [0.29, 0.717) is 5.39 Å². The van der Waals surface area contributed by atoms with Gasteiger partial charge in [0.15, 0.2) is 23.5 Å². The predicted molar refractivity (Wildman–Crippen MR) is 223 cm³/mol. The third-order valence-electron chi connectivity index (χ3n) is 9.48. The fourth-order valence-electron chi connectivity index (χ4n) is 7.40. The third kappa shape index (κ3) is 11.1. The number of fused-ring (bicyclic) bond motifs is 2. The van der Waals surface area contributed by atoms with Crippen LogP contribution < -0.4 is 4.90 Å². The van der Waals surface area contributed by atoms with Gasteiger partial charge in [0.1, 0.15) is 33.6 Å². The van der Waals surface area contributed by atoms with Crippen LogP contribution >= 0.6 is 41.8 Å². The number of nitrogens with zero attached hydrogens (tertiary/aromatic N) is 5. The van der Waals surface area contributed by atoms with Gasteiger partial charge in [0.25, 0.3) is 5.34 Å². The van der Waals surface area contributed by atoms with Gasteiger partial charge in [0.2, 0.25) is 5.28 Å².